The lowest BCUT2D eigenvalue weighted by molar-refractivity contribution is 0.385. The molecule has 1 aromatic carbocycles. The number of rotatable bonds is 5. The summed E-state index contributed by atoms with van der Waals surface area (Å²) in [6.07, 6.45) is 11.5. The van der Waals surface area contributed by atoms with Gasteiger partial charge in [0.25, 0.3) is 0 Å². The molecule has 0 saturated carbocycles. The Morgan fingerprint density at radius 1 is 0.848 bits per heavy atom. The predicted octanol–water partition coefficient (Wildman–Crippen LogP) is 2.31. The van der Waals surface area contributed by atoms with E-state index in [1.54, 1.807) is 37.2 Å². The molecule has 11 heteroatoms. The van der Waals surface area contributed by atoms with E-state index in [0.29, 0.717) is 37.9 Å². The molecule has 0 amide bonds. The van der Waals surface area contributed by atoms with Crippen LogP contribution >= 0.6 is 0 Å². The van der Waals surface area contributed by atoms with E-state index >= 15 is 0 Å². The standard InChI is InChI=1S/C22H22N8O2S/c1-33(31,32)30-10-8-29(9-11-30)22-26-13-17(14-27-22)16-2-3-18-19(4-5-24-20(18)12-16)28-21-15-23-6-7-25-21/h2-7,12-15H,8-11H2,1H3,(H,24,25,28). The normalized spacial score (nSPS) is 15.0. The van der Waals surface area contributed by atoms with E-state index in [9.17, 15) is 8.42 Å². The van der Waals surface area contributed by atoms with Crippen molar-refractivity contribution in [3.05, 3.63) is 61.4 Å². The van der Waals surface area contributed by atoms with Gasteiger partial charge in [0.2, 0.25) is 16.0 Å². The van der Waals surface area contributed by atoms with Crippen molar-refractivity contribution in [2.75, 3.05) is 42.7 Å². The third-order valence-electron chi connectivity index (χ3n) is 5.53. The molecule has 0 bridgehead atoms. The molecule has 5 rings (SSSR count). The Balaban J connectivity index is 1.34. The first-order chi connectivity index (χ1) is 16.0. The van der Waals surface area contributed by atoms with Gasteiger partial charge in [0.1, 0.15) is 5.82 Å². The highest BCUT2D eigenvalue weighted by Gasteiger charge is 2.24. The van der Waals surface area contributed by atoms with Crippen molar-refractivity contribution >= 4 is 38.4 Å². The summed E-state index contributed by atoms with van der Waals surface area (Å²) in [6, 6.07) is 7.92. The van der Waals surface area contributed by atoms with Crippen LogP contribution in [-0.2, 0) is 10.0 Å². The van der Waals surface area contributed by atoms with Crippen molar-refractivity contribution in [2.45, 2.75) is 0 Å². The Morgan fingerprint density at radius 2 is 1.64 bits per heavy atom. The van der Waals surface area contributed by atoms with E-state index < -0.39 is 10.0 Å². The molecule has 33 heavy (non-hydrogen) atoms. The average molecular weight is 463 g/mol. The summed E-state index contributed by atoms with van der Waals surface area (Å²) < 4.78 is 24.9. The van der Waals surface area contributed by atoms with Crippen molar-refractivity contribution in [3.63, 3.8) is 0 Å². The van der Waals surface area contributed by atoms with Gasteiger partial charge >= 0.3 is 0 Å². The quantitative estimate of drug-likeness (QED) is 0.477. The Morgan fingerprint density at radius 3 is 2.33 bits per heavy atom. The number of aromatic nitrogens is 5. The summed E-state index contributed by atoms with van der Waals surface area (Å²) in [5.41, 5.74) is 3.57. The summed E-state index contributed by atoms with van der Waals surface area (Å²) in [7, 11) is -3.16. The number of nitrogens with one attached hydrogen (secondary N) is 1. The minimum atomic E-state index is -3.16. The highest BCUT2D eigenvalue weighted by Crippen LogP contribution is 2.28. The second kappa shape index (κ2) is 8.68. The van der Waals surface area contributed by atoms with Crippen molar-refractivity contribution in [2.24, 2.45) is 0 Å². The molecule has 0 aliphatic carbocycles. The van der Waals surface area contributed by atoms with Crippen LogP contribution in [0.25, 0.3) is 22.0 Å². The summed E-state index contributed by atoms with van der Waals surface area (Å²) in [5.74, 6) is 1.26. The van der Waals surface area contributed by atoms with Crippen LogP contribution in [0.4, 0.5) is 17.5 Å². The second-order valence-electron chi connectivity index (χ2n) is 7.73. The van der Waals surface area contributed by atoms with Gasteiger partial charge in [0, 0.05) is 68.1 Å². The van der Waals surface area contributed by atoms with Crippen LogP contribution in [0.5, 0.6) is 0 Å². The van der Waals surface area contributed by atoms with Crippen molar-refractivity contribution in [1.29, 1.82) is 0 Å². The van der Waals surface area contributed by atoms with Crippen LogP contribution < -0.4 is 10.2 Å². The highest BCUT2D eigenvalue weighted by molar-refractivity contribution is 7.88. The molecule has 0 unspecified atom stereocenters. The largest absolute Gasteiger partial charge is 0.338 e. The fourth-order valence-electron chi connectivity index (χ4n) is 3.79. The van der Waals surface area contributed by atoms with Gasteiger partial charge in [-0.25, -0.2) is 23.4 Å². The molecular formula is C22H22N8O2S. The van der Waals surface area contributed by atoms with Gasteiger partial charge in [0.05, 0.1) is 23.7 Å². The van der Waals surface area contributed by atoms with Crippen molar-refractivity contribution in [1.82, 2.24) is 29.2 Å². The minimum absolute atomic E-state index is 0.436. The summed E-state index contributed by atoms with van der Waals surface area (Å²) >= 11 is 0. The number of nitrogens with zero attached hydrogens (tertiary/aromatic N) is 7. The first-order valence-corrected chi connectivity index (χ1v) is 12.3. The SMILES string of the molecule is CS(=O)(=O)N1CCN(c2ncc(-c3ccc4c(Nc5cnccn5)ccnc4c3)cn2)CC1. The Kier molecular flexibility index (Phi) is 5.56. The zero-order valence-electron chi connectivity index (χ0n) is 18.0. The maximum absolute atomic E-state index is 11.7. The topological polar surface area (TPSA) is 117 Å². The van der Waals surface area contributed by atoms with E-state index in [4.69, 9.17) is 0 Å². The minimum Gasteiger partial charge on any atom is -0.338 e. The van der Waals surface area contributed by atoms with Crippen LogP contribution in [0.3, 0.4) is 0 Å². The number of pyridine rings is 1. The van der Waals surface area contributed by atoms with E-state index in [2.05, 4.69) is 30.2 Å². The van der Waals surface area contributed by atoms with E-state index in [1.165, 1.54) is 10.6 Å². The Bertz CT molecular complexity index is 1370. The third kappa shape index (κ3) is 4.59. The van der Waals surface area contributed by atoms with Crippen molar-refractivity contribution in [3.8, 4) is 11.1 Å². The predicted molar refractivity (Wildman–Crippen MR) is 127 cm³/mol. The molecular weight excluding hydrogens is 440 g/mol. The molecule has 4 aromatic rings. The Hall–Kier alpha value is -3.70. The molecule has 3 aromatic heterocycles. The third-order valence-corrected chi connectivity index (χ3v) is 6.83. The lowest BCUT2D eigenvalue weighted by Gasteiger charge is -2.33. The van der Waals surface area contributed by atoms with Gasteiger partial charge in [-0.2, -0.15) is 4.31 Å². The summed E-state index contributed by atoms with van der Waals surface area (Å²) in [4.78, 5) is 23.9. The maximum atomic E-state index is 11.7. The van der Waals surface area contributed by atoms with Crippen LogP contribution in [0, 0.1) is 0 Å². The van der Waals surface area contributed by atoms with Gasteiger partial charge in [-0.3, -0.25) is 9.97 Å². The fraction of sp³-hybridized carbons (Fsp3) is 0.227. The number of fused-ring (bicyclic) bond motifs is 1. The lowest BCUT2D eigenvalue weighted by atomic mass is 10.1. The fourth-order valence-corrected chi connectivity index (χ4v) is 4.62. The number of benzene rings is 1. The first-order valence-electron chi connectivity index (χ1n) is 10.4. The maximum Gasteiger partial charge on any atom is 0.225 e. The van der Waals surface area contributed by atoms with Crippen LogP contribution in [0.1, 0.15) is 0 Å². The molecule has 0 spiro atoms. The molecule has 1 fully saturated rings. The number of hydrogen-bond donors (Lipinski definition) is 1. The summed E-state index contributed by atoms with van der Waals surface area (Å²) in [5, 5.41) is 4.24. The molecule has 1 aliphatic heterocycles. The molecule has 1 N–H and O–H groups in total. The van der Waals surface area contributed by atoms with Crippen molar-refractivity contribution < 1.29 is 8.42 Å². The summed E-state index contributed by atoms with van der Waals surface area (Å²) in [6.45, 7) is 2.00. The molecule has 10 nitrogen and oxygen atoms in total. The first kappa shape index (κ1) is 21.2. The molecule has 168 valence electrons. The van der Waals surface area contributed by atoms with Crippen LogP contribution in [0.15, 0.2) is 61.4 Å². The van der Waals surface area contributed by atoms with E-state index in [-0.39, 0.29) is 0 Å². The monoisotopic (exact) mass is 462 g/mol. The van der Waals surface area contributed by atoms with Gasteiger partial charge < -0.3 is 10.2 Å². The molecule has 1 aliphatic rings. The smallest absolute Gasteiger partial charge is 0.225 e. The van der Waals surface area contributed by atoms with Gasteiger partial charge in [-0.15, -0.1) is 0 Å². The zero-order chi connectivity index (χ0) is 22.8. The van der Waals surface area contributed by atoms with Gasteiger partial charge in [-0.05, 0) is 17.7 Å². The second-order valence-corrected chi connectivity index (χ2v) is 9.71. The number of anilines is 3. The molecule has 4 heterocycles. The lowest BCUT2D eigenvalue weighted by Crippen LogP contribution is -2.48. The number of sulfonamides is 1. The number of hydrogen-bond acceptors (Lipinski definition) is 9. The molecule has 0 radical (unpaired) electrons. The highest BCUT2D eigenvalue weighted by atomic mass is 32.2. The molecule has 1 saturated heterocycles. The average Bonchev–Trinajstić information content (AvgIpc) is 2.84. The van der Waals surface area contributed by atoms with Crippen LogP contribution in [0.2, 0.25) is 0 Å². The number of piperazine rings is 1. The molecule has 0 atom stereocenters. The van der Waals surface area contributed by atoms with Gasteiger partial charge in [0.15, 0.2) is 0 Å². The Labute approximate surface area is 191 Å². The van der Waals surface area contributed by atoms with E-state index in [0.717, 1.165) is 27.7 Å². The van der Waals surface area contributed by atoms with E-state index in [1.807, 2.05) is 29.2 Å². The van der Waals surface area contributed by atoms with Crippen LogP contribution in [-0.4, -0.2) is 70.1 Å². The van der Waals surface area contributed by atoms with Gasteiger partial charge in [-0.1, -0.05) is 12.1 Å². The zero-order valence-corrected chi connectivity index (χ0v) is 18.8.